The summed E-state index contributed by atoms with van der Waals surface area (Å²) in [4.78, 5) is 28.6. The summed E-state index contributed by atoms with van der Waals surface area (Å²) in [5, 5.41) is 13.3. The first kappa shape index (κ1) is 18.1. The second-order valence-corrected chi connectivity index (χ2v) is 6.41. The van der Waals surface area contributed by atoms with Crippen LogP contribution in [0, 0.1) is 6.92 Å². The van der Waals surface area contributed by atoms with Crippen LogP contribution in [0.2, 0.25) is 0 Å². The van der Waals surface area contributed by atoms with Gasteiger partial charge in [0.15, 0.2) is 0 Å². The van der Waals surface area contributed by atoms with E-state index in [4.69, 9.17) is 5.21 Å². The molecule has 1 fully saturated rings. The zero-order valence-corrected chi connectivity index (χ0v) is 14.9. The van der Waals surface area contributed by atoms with Crippen molar-refractivity contribution < 1.29 is 14.8 Å². The van der Waals surface area contributed by atoms with Crippen molar-refractivity contribution in [1.29, 1.82) is 0 Å². The first-order valence-corrected chi connectivity index (χ1v) is 8.54. The van der Waals surface area contributed by atoms with Crippen LogP contribution in [0.25, 0.3) is 0 Å². The molecule has 0 saturated carbocycles. The standard InChI is InChI=1S/C18H23N5O3/c1-13-12-15(21(2)19-13)18(25)23-10-8-22(9-11-23)16(17(24)20-26)14-6-4-3-5-7-14/h3-7,12,16,26H,8-11H2,1-2H3,(H,20,24). The van der Waals surface area contributed by atoms with E-state index in [1.807, 2.05) is 42.2 Å². The number of benzene rings is 1. The summed E-state index contributed by atoms with van der Waals surface area (Å²) >= 11 is 0. The van der Waals surface area contributed by atoms with Crippen LogP contribution in [0.1, 0.15) is 27.8 Å². The number of rotatable bonds is 4. The molecule has 1 atom stereocenters. The molecule has 0 bridgehead atoms. The topological polar surface area (TPSA) is 90.7 Å². The minimum absolute atomic E-state index is 0.0596. The predicted molar refractivity (Wildman–Crippen MR) is 94.5 cm³/mol. The fourth-order valence-corrected chi connectivity index (χ4v) is 3.38. The zero-order valence-electron chi connectivity index (χ0n) is 14.9. The second-order valence-electron chi connectivity index (χ2n) is 6.41. The Balaban J connectivity index is 1.71. The number of hydroxylamine groups is 1. The Bertz CT molecular complexity index is 781. The summed E-state index contributed by atoms with van der Waals surface area (Å²) in [5.41, 5.74) is 3.93. The monoisotopic (exact) mass is 357 g/mol. The van der Waals surface area contributed by atoms with Crippen LogP contribution in [0.4, 0.5) is 0 Å². The number of hydrogen-bond acceptors (Lipinski definition) is 5. The molecule has 1 saturated heterocycles. The van der Waals surface area contributed by atoms with Gasteiger partial charge >= 0.3 is 0 Å². The molecule has 0 spiro atoms. The van der Waals surface area contributed by atoms with Crippen LogP contribution in [-0.2, 0) is 11.8 Å². The lowest BCUT2D eigenvalue weighted by Crippen LogP contribution is -2.52. The Morgan fingerprint density at radius 1 is 1.15 bits per heavy atom. The molecule has 0 radical (unpaired) electrons. The average Bonchev–Trinajstić information content (AvgIpc) is 3.00. The molecule has 2 N–H and O–H groups in total. The van der Waals surface area contributed by atoms with Crippen molar-refractivity contribution in [2.24, 2.45) is 7.05 Å². The van der Waals surface area contributed by atoms with Gasteiger partial charge in [0.05, 0.1) is 5.69 Å². The molecule has 8 heteroatoms. The van der Waals surface area contributed by atoms with Gasteiger partial charge in [-0.1, -0.05) is 30.3 Å². The second kappa shape index (κ2) is 7.67. The van der Waals surface area contributed by atoms with Gasteiger partial charge < -0.3 is 4.90 Å². The number of nitrogens with zero attached hydrogens (tertiary/aromatic N) is 4. The number of piperazine rings is 1. The number of nitrogens with one attached hydrogen (secondary N) is 1. The van der Waals surface area contributed by atoms with Gasteiger partial charge in [-0.25, -0.2) is 5.48 Å². The van der Waals surface area contributed by atoms with Crippen molar-refractivity contribution in [3.05, 3.63) is 53.3 Å². The van der Waals surface area contributed by atoms with Crippen molar-refractivity contribution in [1.82, 2.24) is 25.1 Å². The fourth-order valence-electron chi connectivity index (χ4n) is 3.38. The number of aromatic nitrogens is 2. The van der Waals surface area contributed by atoms with Gasteiger partial charge in [-0.3, -0.25) is 24.4 Å². The Labute approximate surface area is 152 Å². The van der Waals surface area contributed by atoms with E-state index in [1.165, 1.54) is 0 Å². The third-order valence-electron chi connectivity index (χ3n) is 4.66. The van der Waals surface area contributed by atoms with E-state index in [0.717, 1.165) is 11.3 Å². The minimum Gasteiger partial charge on any atom is -0.335 e. The molecule has 2 aromatic rings. The maximum atomic E-state index is 12.7. The number of aryl methyl sites for hydroxylation is 2. The number of hydrogen-bond donors (Lipinski definition) is 2. The first-order valence-electron chi connectivity index (χ1n) is 8.54. The molecule has 3 rings (SSSR count). The van der Waals surface area contributed by atoms with Crippen LogP contribution in [-0.4, -0.2) is 62.8 Å². The SMILES string of the molecule is Cc1cc(C(=O)N2CCN(C(C(=O)NO)c3ccccc3)CC2)n(C)n1. The summed E-state index contributed by atoms with van der Waals surface area (Å²) in [6, 6.07) is 10.5. The van der Waals surface area contributed by atoms with Crippen molar-refractivity contribution >= 4 is 11.8 Å². The molecule has 0 aliphatic carbocycles. The van der Waals surface area contributed by atoms with Crippen LogP contribution in [0.15, 0.2) is 36.4 Å². The molecule has 1 aromatic carbocycles. The molecule has 8 nitrogen and oxygen atoms in total. The van der Waals surface area contributed by atoms with E-state index in [1.54, 1.807) is 28.2 Å². The normalized spacial score (nSPS) is 16.3. The van der Waals surface area contributed by atoms with Gasteiger partial charge in [0, 0.05) is 33.2 Å². The smallest absolute Gasteiger partial charge is 0.272 e. The van der Waals surface area contributed by atoms with Gasteiger partial charge in [-0.2, -0.15) is 5.10 Å². The summed E-state index contributed by atoms with van der Waals surface area (Å²) in [5.74, 6) is -0.533. The summed E-state index contributed by atoms with van der Waals surface area (Å²) in [6.45, 7) is 3.94. The molecule has 26 heavy (non-hydrogen) atoms. The van der Waals surface area contributed by atoms with E-state index in [2.05, 4.69) is 5.10 Å². The highest BCUT2D eigenvalue weighted by Gasteiger charge is 2.32. The highest BCUT2D eigenvalue weighted by molar-refractivity contribution is 5.92. The molecular formula is C18H23N5O3. The van der Waals surface area contributed by atoms with Crippen molar-refractivity contribution in [2.45, 2.75) is 13.0 Å². The van der Waals surface area contributed by atoms with E-state index >= 15 is 0 Å². The third-order valence-corrected chi connectivity index (χ3v) is 4.66. The maximum absolute atomic E-state index is 12.7. The predicted octanol–water partition coefficient (Wildman–Crippen LogP) is 0.733. The van der Waals surface area contributed by atoms with Crippen LogP contribution in [0.3, 0.4) is 0 Å². The van der Waals surface area contributed by atoms with Crippen molar-refractivity contribution in [3.63, 3.8) is 0 Å². The van der Waals surface area contributed by atoms with Crippen molar-refractivity contribution in [2.75, 3.05) is 26.2 Å². The molecular weight excluding hydrogens is 334 g/mol. The fraction of sp³-hybridized carbons (Fsp3) is 0.389. The van der Waals surface area contributed by atoms with Gasteiger partial charge in [0.25, 0.3) is 11.8 Å². The largest absolute Gasteiger partial charge is 0.335 e. The lowest BCUT2D eigenvalue weighted by Gasteiger charge is -2.38. The average molecular weight is 357 g/mol. The van der Waals surface area contributed by atoms with Gasteiger partial charge in [-0.05, 0) is 18.6 Å². The quantitative estimate of drug-likeness (QED) is 0.622. The number of carbonyl (C=O) groups is 2. The minimum atomic E-state index is -0.586. The van der Waals surface area contributed by atoms with Gasteiger partial charge in [0.2, 0.25) is 0 Å². The highest BCUT2D eigenvalue weighted by Crippen LogP contribution is 2.23. The lowest BCUT2D eigenvalue weighted by molar-refractivity contribution is -0.135. The Kier molecular flexibility index (Phi) is 5.34. The van der Waals surface area contributed by atoms with Gasteiger partial charge in [0.1, 0.15) is 11.7 Å². The molecule has 1 aliphatic heterocycles. The molecule has 138 valence electrons. The Morgan fingerprint density at radius 3 is 2.35 bits per heavy atom. The van der Waals surface area contributed by atoms with E-state index in [-0.39, 0.29) is 5.91 Å². The van der Waals surface area contributed by atoms with Gasteiger partial charge in [-0.15, -0.1) is 0 Å². The van der Waals surface area contributed by atoms with Crippen LogP contribution >= 0.6 is 0 Å². The Hall–Kier alpha value is -2.71. The molecule has 1 aromatic heterocycles. The summed E-state index contributed by atoms with van der Waals surface area (Å²) in [7, 11) is 1.76. The van der Waals surface area contributed by atoms with Crippen molar-refractivity contribution in [3.8, 4) is 0 Å². The van der Waals surface area contributed by atoms with E-state index in [9.17, 15) is 9.59 Å². The Morgan fingerprint density at radius 2 is 1.81 bits per heavy atom. The lowest BCUT2D eigenvalue weighted by atomic mass is 10.0. The molecule has 2 heterocycles. The van der Waals surface area contributed by atoms with Crippen LogP contribution < -0.4 is 5.48 Å². The number of amides is 2. The third kappa shape index (κ3) is 3.61. The number of carbonyl (C=O) groups excluding carboxylic acids is 2. The highest BCUT2D eigenvalue weighted by atomic mass is 16.5. The molecule has 1 aliphatic rings. The van der Waals surface area contributed by atoms with Crippen LogP contribution in [0.5, 0.6) is 0 Å². The molecule has 2 amide bonds. The molecule has 1 unspecified atom stereocenters. The first-order chi connectivity index (χ1) is 12.5. The summed E-state index contributed by atoms with van der Waals surface area (Å²) in [6.07, 6.45) is 0. The van der Waals surface area contributed by atoms with E-state index in [0.29, 0.717) is 31.9 Å². The van der Waals surface area contributed by atoms with E-state index < -0.39 is 11.9 Å². The summed E-state index contributed by atoms with van der Waals surface area (Å²) < 4.78 is 1.59. The zero-order chi connectivity index (χ0) is 18.7. The maximum Gasteiger partial charge on any atom is 0.272 e.